The normalized spacial score (nSPS) is 40.1. The van der Waals surface area contributed by atoms with Crippen molar-refractivity contribution in [3.63, 3.8) is 0 Å². The van der Waals surface area contributed by atoms with Crippen molar-refractivity contribution in [1.82, 2.24) is 0 Å². The van der Waals surface area contributed by atoms with E-state index >= 15 is 0 Å². The molecule has 0 heterocycles. The van der Waals surface area contributed by atoms with E-state index in [4.69, 9.17) is 10.2 Å². The zero-order chi connectivity index (χ0) is 7.56. The van der Waals surface area contributed by atoms with E-state index in [1.807, 2.05) is 6.08 Å². The summed E-state index contributed by atoms with van der Waals surface area (Å²) in [6, 6.07) is 0. The molecule has 0 spiro atoms. The van der Waals surface area contributed by atoms with Crippen LogP contribution in [0.1, 0.15) is 13.3 Å². The third-order valence-corrected chi connectivity index (χ3v) is 2.16. The Balaban J connectivity index is 2.53. The van der Waals surface area contributed by atoms with Crippen LogP contribution in [0, 0.1) is 11.8 Å². The van der Waals surface area contributed by atoms with E-state index in [9.17, 15) is 0 Å². The van der Waals surface area contributed by atoms with Gasteiger partial charge < -0.3 is 10.2 Å². The van der Waals surface area contributed by atoms with Crippen molar-refractivity contribution in [3.05, 3.63) is 12.2 Å². The Morgan fingerprint density at radius 1 is 1.50 bits per heavy atom. The summed E-state index contributed by atoms with van der Waals surface area (Å²) in [7, 11) is 0. The van der Waals surface area contributed by atoms with Crippen molar-refractivity contribution in [2.45, 2.75) is 19.4 Å². The molecule has 58 valence electrons. The van der Waals surface area contributed by atoms with E-state index in [0.717, 1.165) is 0 Å². The molecular weight excluding hydrogens is 128 g/mol. The second kappa shape index (κ2) is 3.17. The Kier molecular flexibility index (Phi) is 2.46. The van der Waals surface area contributed by atoms with E-state index in [1.54, 1.807) is 6.08 Å². The van der Waals surface area contributed by atoms with Crippen LogP contribution in [-0.2, 0) is 0 Å². The largest absolute Gasteiger partial charge is 0.396 e. The van der Waals surface area contributed by atoms with E-state index < -0.39 is 0 Å². The van der Waals surface area contributed by atoms with Crippen molar-refractivity contribution >= 4 is 0 Å². The third kappa shape index (κ3) is 1.58. The van der Waals surface area contributed by atoms with Crippen LogP contribution in [0.15, 0.2) is 12.2 Å². The van der Waals surface area contributed by atoms with Crippen molar-refractivity contribution in [1.29, 1.82) is 0 Å². The van der Waals surface area contributed by atoms with Gasteiger partial charge in [0.15, 0.2) is 0 Å². The van der Waals surface area contributed by atoms with Gasteiger partial charge in [-0.3, -0.25) is 0 Å². The second-order valence-electron chi connectivity index (χ2n) is 2.99. The smallest absolute Gasteiger partial charge is 0.0724 e. The molecule has 0 amide bonds. The van der Waals surface area contributed by atoms with Gasteiger partial charge in [0.1, 0.15) is 0 Å². The lowest BCUT2D eigenvalue weighted by atomic mass is 9.85. The molecule has 0 aromatic carbocycles. The first-order valence-corrected chi connectivity index (χ1v) is 3.71. The SMILES string of the molecule is C[C@H]1C=C[C@@H](O)C[C@H]1CO. The van der Waals surface area contributed by atoms with Crippen molar-refractivity contribution in [3.8, 4) is 0 Å². The molecule has 1 rings (SSSR count). The summed E-state index contributed by atoms with van der Waals surface area (Å²) in [6.45, 7) is 2.24. The first kappa shape index (κ1) is 7.76. The summed E-state index contributed by atoms with van der Waals surface area (Å²) in [5.41, 5.74) is 0. The van der Waals surface area contributed by atoms with Crippen LogP contribution < -0.4 is 0 Å². The highest BCUT2D eigenvalue weighted by Gasteiger charge is 2.20. The van der Waals surface area contributed by atoms with Gasteiger partial charge in [0.25, 0.3) is 0 Å². The van der Waals surface area contributed by atoms with Crippen LogP contribution in [-0.4, -0.2) is 22.9 Å². The van der Waals surface area contributed by atoms with Gasteiger partial charge in [-0.15, -0.1) is 0 Å². The van der Waals surface area contributed by atoms with Gasteiger partial charge in [0.2, 0.25) is 0 Å². The highest BCUT2D eigenvalue weighted by molar-refractivity contribution is 5.00. The molecule has 0 aliphatic heterocycles. The molecule has 0 aromatic rings. The van der Waals surface area contributed by atoms with Crippen LogP contribution in [0.2, 0.25) is 0 Å². The summed E-state index contributed by atoms with van der Waals surface area (Å²) < 4.78 is 0. The third-order valence-electron chi connectivity index (χ3n) is 2.16. The van der Waals surface area contributed by atoms with Gasteiger partial charge in [-0.05, 0) is 18.3 Å². The number of rotatable bonds is 1. The Labute approximate surface area is 61.2 Å². The molecule has 2 nitrogen and oxygen atoms in total. The molecule has 0 bridgehead atoms. The molecule has 0 saturated carbocycles. The van der Waals surface area contributed by atoms with Crippen LogP contribution in [0.25, 0.3) is 0 Å². The van der Waals surface area contributed by atoms with Crippen LogP contribution in [0.3, 0.4) is 0 Å². The van der Waals surface area contributed by atoms with Gasteiger partial charge in [-0.1, -0.05) is 19.1 Å². The van der Waals surface area contributed by atoms with E-state index in [1.165, 1.54) is 0 Å². The number of allylic oxidation sites excluding steroid dienone is 1. The highest BCUT2D eigenvalue weighted by Crippen LogP contribution is 2.23. The molecule has 2 N–H and O–H groups in total. The molecule has 2 heteroatoms. The molecule has 0 fully saturated rings. The first-order valence-electron chi connectivity index (χ1n) is 3.71. The van der Waals surface area contributed by atoms with E-state index in [-0.39, 0.29) is 18.6 Å². The first-order chi connectivity index (χ1) is 4.74. The Bertz CT molecular complexity index is 131. The fraction of sp³-hybridized carbons (Fsp3) is 0.750. The summed E-state index contributed by atoms with van der Waals surface area (Å²) >= 11 is 0. The highest BCUT2D eigenvalue weighted by atomic mass is 16.3. The monoisotopic (exact) mass is 142 g/mol. The molecule has 0 unspecified atom stereocenters. The molecule has 0 aromatic heterocycles. The zero-order valence-corrected chi connectivity index (χ0v) is 6.20. The Morgan fingerprint density at radius 2 is 2.20 bits per heavy atom. The van der Waals surface area contributed by atoms with Crippen LogP contribution in [0.5, 0.6) is 0 Å². The number of hydrogen-bond acceptors (Lipinski definition) is 2. The van der Waals surface area contributed by atoms with Gasteiger partial charge in [-0.2, -0.15) is 0 Å². The molecule has 1 aliphatic carbocycles. The summed E-state index contributed by atoms with van der Waals surface area (Å²) in [5.74, 6) is 0.661. The second-order valence-corrected chi connectivity index (χ2v) is 2.99. The average Bonchev–Trinajstić information content (AvgIpc) is 1.94. The zero-order valence-electron chi connectivity index (χ0n) is 6.20. The number of aliphatic hydroxyl groups is 2. The lowest BCUT2D eigenvalue weighted by Gasteiger charge is -2.25. The maximum Gasteiger partial charge on any atom is 0.0724 e. The molecule has 3 atom stereocenters. The fourth-order valence-electron chi connectivity index (χ4n) is 1.30. The lowest BCUT2D eigenvalue weighted by molar-refractivity contribution is 0.118. The minimum Gasteiger partial charge on any atom is -0.396 e. The maximum absolute atomic E-state index is 9.13. The fourth-order valence-corrected chi connectivity index (χ4v) is 1.30. The summed E-state index contributed by atoms with van der Waals surface area (Å²) in [5, 5.41) is 18.0. The summed E-state index contributed by atoms with van der Waals surface area (Å²) in [6.07, 6.45) is 4.13. The molecule has 0 radical (unpaired) electrons. The minimum absolute atomic E-state index is 0.183. The van der Waals surface area contributed by atoms with Crippen LogP contribution >= 0.6 is 0 Å². The van der Waals surface area contributed by atoms with E-state index in [0.29, 0.717) is 12.3 Å². The predicted molar refractivity (Wildman–Crippen MR) is 39.5 cm³/mol. The van der Waals surface area contributed by atoms with E-state index in [2.05, 4.69) is 6.92 Å². The van der Waals surface area contributed by atoms with Gasteiger partial charge in [0, 0.05) is 6.61 Å². The maximum atomic E-state index is 9.13. The number of aliphatic hydroxyl groups excluding tert-OH is 2. The number of hydrogen-bond donors (Lipinski definition) is 2. The van der Waals surface area contributed by atoms with Crippen LogP contribution in [0.4, 0.5) is 0 Å². The van der Waals surface area contributed by atoms with Gasteiger partial charge >= 0.3 is 0 Å². The van der Waals surface area contributed by atoms with Crippen molar-refractivity contribution in [2.24, 2.45) is 11.8 Å². The Morgan fingerprint density at radius 3 is 2.70 bits per heavy atom. The standard InChI is InChI=1S/C8H14O2/c1-6-2-3-8(10)4-7(6)5-9/h2-3,6-10H,4-5H2,1H3/t6-,7-,8+/m0/s1. The Hall–Kier alpha value is -0.340. The van der Waals surface area contributed by atoms with Crippen molar-refractivity contribution < 1.29 is 10.2 Å². The van der Waals surface area contributed by atoms with Crippen molar-refractivity contribution in [2.75, 3.05) is 6.61 Å². The minimum atomic E-state index is -0.339. The summed E-state index contributed by atoms with van der Waals surface area (Å²) in [4.78, 5) is 0. The average molecular weight is 142 g/mol. The molecule has 0 saturated heterocycles. The lowest BCUT2D eigenvalue weighted by Crippen LogP contribution is -2.24. The quantitative estimate of drug-likeness (QED) is 0.525. The predicted octanol–water partition coefficient (Wildman–Crippen LogP) is 0.552. The molecular formula is C8H14O2. The van der Waals surface area contributed by atoms with Gasteiger partial charge in [0.05, 0.1) is 6.10 Å². The molecule has 1 aliphatic rings. The topological polar surface area (TPSA) is 40.5 Å². The van der Waals surface area contributed by atoms with Gasteiger partial charge in [-0.25, -0.2) is 0 Å². The molecule has 10 heavy (non-hydrogen) atoms.